The fraction of sp³-hybridized carbons (Fsp3) is 0.474. The normalized spacial score (nSPS) is 17.5. The molecule has 0 spiro atoms. The van der Waals surface area contributed by atoms with E-state index in [1.165, 1.54) is 10.4 Å². The van der Waals surface area contributed by atoms with E-state index in [9.17, 15) is 4.79 Å². The zero-order chi connectivity index (χ0) is 17.7. The van der Waals surface area contributed by atoms with E-state index < -0.39 is 0 Å². The molecule has 0 fully saturated rings. The van der Waals surface area contributed by atoms with Gasteiger partial charge in [0.2, 0.25) is 0 Å². The Kier molecular flexibility index (Phi) is 4.20. The van der Waals surface area contributed by atoms with Crippen molar-refractivity contribution in [1.29, 1.82) is 0 Å². The van der Waals surface area contributed by atoms with Crippen molar-refractivity contribution in [3.8, 4) is 0 Å². The molecule has 4 rings (SSSR count). The molecule has 132 valence electrons. The van der Waals surface area contributed by atoms with Crippen LogP contribution >= 0.6 is 22.7 Å². The van der Waals surface area contributed by atoms with Crippen molar-refractivity contribution in [2.24, 2.45) is 5.92 Å². The first-order valence-electron chi connectivity index (χ1n) is 8.80. The Morgan fingerprint density at radius 3 is 3.00 bits per heavy atom. The molecule has 0 saturated carbocycles. The Bertz CT molecular complexity index is 934. The molecule has 0 aromatic carbocycles. The summed E-state index contributed by atoms with van der Waals surface area (Å²) in [5.74, 6) is 0.684. The Morgan fingerprint density at radius 2 is 2.24 bits per heavy atom. The van der Waals surface area contributed by atoms with Crippen LogP contribution in [-0.2, 0) is 13.0 Å². The van der Waals surface area contributed by atoms with Crippen molar-refractivity contribution in [3.63, 3.8) is 0 Å². The standard InChI is InChI=1S/C19H23N3OS2/c1-11(2)10-22-19-15(12(3)20-22)9-17(25-19)18(23)21-7-5-16-14(13(21)4)6-8-24-16/h6,8-9,11,13H,5,7,10H2,1-4H3/t13-/m1/s1. The minimum Gasteiger partial charge on any atom is -0.331 e. The third kappa shape index (κ3) is 2.81. The van der Waals surface area contributed by atoms with Crippen molar-refractivity contribution >= 4 is 38.8 Å². The highest BCUT2D eigenvalue weighted by Crippen LogP contribution is 2.36. The zero-order valence-corrected chi connectivity index (χ0v) is 16.7. The van der Waals surface area contributed by atoms with Crippen LogP contribution in [0.5, 0.6) is 0 Å². The lowest BCUT2D eigenvalue weighted by atomic mass is 10.0. The van der Waals surface area contributed by atoms with Gasteiger partial charge < -0.3 is 4.90 Å². The molecule has 0 unspecified atom stereocenters. The number of rotatable bonds is 3. The minimum atomic E-state index is 0.154. The average Bonchev–Trinajstić information content (AvgIpc) is 3.25. The third-order valence-corrected chi connectivity index (χ3v) is 7.03. The van der Waals surface area contributed by atoms with Gasteiger partial charge in [-0.05, 0) is 49.3 Å². The predicted molar refractivity (Wildman–Crippen MR) is 105 cm³/mol. The highest BCUT2D eigenvalue weighted by molar-refractivity contribution is 7.20. The molecule has 0 bridgehead atoms. The van der Waals surface area contributed by atoms with Gasteiger partial charge >= 0.3 is 0 Å². The maximum Gasteiger partial charge on any atom is 0.264 e. The highest BCUT2D eigenvalue weighted by atomic mass is 32.1. The average molecular weight is 374 g/mol. The molecule has 0 aliphatic carbocycles. The quantitative estimate of drug-likeness (QED) is 0.656. The van der Waals surface area contributed by atoms with Gasteiger partial charge in [-0.1, -0.05) is 13.8 Å². The molecule has 1 aliphatic heterocycles. The number of thiophene rings is 2. The fourth-order valence-corrected chi connectivity index (χ4v) is 5.71. The number of fused-ring (bicyclic) bond motifs is 2. The number of hydrogen-bond acceptors (Lipinski definition) is 4. The van der Waals surface area contributed by atoms with Gasteiger partial charge in [-0.25, -0.2) is 0 Å². The van der Waals surface area contributed by atoms with Crippen LogP contribution in [0, 0.1) is 12.8 Å². The number of aromatic nitrogens is 2. The van der Waals surface area contributed by atoms with Crippen LogP contribution in [0.1, 0.15) is 52.6 Å². The summed E-state index contributed by atoms with van der Waals surface area (Å²) in [6.07, 6.45) is 0.966. The number of amides is 1. The van der Waals surface area contributed by atoms with Crippen LogP contribution in [0.2, 0.25) is 0 Å². The number of hydrogen-bond donors (Lipinski definition) is 0. The highest BCUT2D eigenvalue weighted by Gasteiger charge is 2.30. The monoisotopic (exact) mass is 373 g/mol. The summed E-state index contributed by atoms with van der Waals surface area (Å²) in [4.78, 5) is 18.6. The lowest BCUT2D eigenvalue weighted by molar-refractivity contribution is 0.0684. The topological polar surface area (TPSA) is 38.1 Å². The van der Waals surface area contributed by atoms with E-state index in [-0.39, 0.29) is 11.9 Å². The molecule has 4 heterocycles. The van der Waals surface area contributed by atoms with E-state index >= 15 is 0 Å². The number of carbonyl (C=O) groups is 1. The first kappa shape index (κ1) is 16.8. The van der Waals surface area contributed by atoms with Gasteiger partial charge in [0.05, 0.1) is 16.6 Å². The van der Waals surface area contributed by atoms with Crippen molar-refractivity contribution in [2.75, 3.05) is 6.54 Å². The van der Waals surface area contributed by atoms with Gasteiger partial charge in [0.25, 0.3) is 5.91 Å². The van der Waals surface area contributed by atoms with Gasteiger partial charge in [0, 0.05) is 23.4 Å². The van der Waals surface area contributed by atoms with E-state index in [1.807, 2.05) is 17.9 Å². The third-order valence-electron chi connectivity index (χ3n) is 4.89. The van der Waals surface area contributed by atoms with Crippen LogP contribution in [-0.4, -0.2) is 27.1 Å². The molecule has 0 N–H and O–H groups in total. The van der Waals surface area contributed by atoms with Gasteiger partial charge in [0.1, 0.15) is 4.83 Å². The zero-order valence-electron chi connectivity index (χ0n) is 15.1. The Morgan fingerprint density at radius 1 is 1.44 bits per heavy atom. The minimum absolute atomic E-state index is 0.154. The van der Waals surface area contributed by atoms with E-state index in [0.29, 0.717) is 5.92 Å². The van der Waals surface area contributed by atoms with Gasteiger partial charge in [-0.15, -0.1) is 22.7 Å². The molecular formula is C19H23N3OS2. The smallest absolute Gasteiger partial charge is 0.264 e. The largest absolute Gasteiger partial charge is 0.331 e. The number of aryl methyl sites for hydroxylation is 1. The van der Waals surface area contributed by atoms with Crippen molar-refractivity contribution in [3.05, 3.63) is 38.5 Å². The Hall–Kier alpha value is -1.66. The summed E-state index contributed by atoms with van der Waals surface area (Å²) in [5.41, 5.74) is 2.32. The predicted octanol–water partition coefficient (Wildman–Crippen LogP) is 4.88. The summed E-state index contributed by atoms with van der Waals surface area (Å²) in [5, 5.41) is 7.90. The maximum atomic E-state index is 13.2. The van der Waals surface area contributed by atoms with Crippen LogP contribution in [0.4, 0.5) is 0 Å². The number of nitrogens with zero attached hydrogens (tertiary/aromatic N) is 3. The second-order valence-electron chi connectivity index (χ2n) is 7.21. The van der Waals surface area contributed by atoms with Crippen LogP contribution in [0.15, 0.2) is 17.5 Å². The van der Waals surface area contributed by atoms with Crippen molar-refractivity contribution in [1.82, 2.24) is 14.7 Å². The lowest BCUT2D eigenvalue weighted by Gasteiger charge is -2.33. The summed E-state index contributed by atoms with van der Waals surface area (Å²) >= 11 is 3.39. The van der Waals surface area contributed by atoms with Crippen LogP contribution in [0.25, 0.3) is 10.2 Å². The molecule has 6 heteroatoms. The molecule has 3 aromatic heterocycles. The lowest BCUT2D eigenvalue weighted by Crippen LogP contribution is -2.37. The van der Waals surface area contributed by atoms with Gasteiger partial charge in [-0.3, -0.25) is 9.48 Å². The molecule has 1 amide bonds. The van der Waals surface area contributed by atoms with Gasteiger partial charge in [-0.2, -0.15) is 5.10 Å². The number of carbonyl (C=O) groups excluding carboxylic acids is 1. The summed E-state index contributed by atoms with van der Waals surface area (Å²) in [7, 11) is 0. The Balaban J connectivity index is 1.67. The summed E-state index contributed by atoms with van der Waals surface area (Å²) < 4.78 is 2.06. The van der Waals surface area contributed by atoms with Crippen LogP contribution in [0.3, 0.4) is 0 Å². The maximum absolute atomic E-state index is 13.2. The molecule has 1 atom stereocenters. The van der Waals surface area contributed by atoms with E-state index in [2.05, 4.69) is 42.0 Å². The van der Waals surface area contributed by atoms with Crippen molar-refractivity contribution < 1.29 is 4.79 Å². The molecule has 0 saturated heterocycles. The first-order chi connectivity index (χ1) is 12.0. The second kappa shape index (κ2) is 6.25. The molecule has 0 radical (unpaired) electrons. The molecule has 25 heavy (non-hydrogen) atoms. The molecule has 4 nitrogen and oxygen atoms in total. The van der Waals surface area contributed by atoms with E-state index in [4.69, 9.17) is 0 Å². The molecule has 1 aliphatic rings. The fourth-order valence-electron chi connectivity index (χ4n) is 3.62. The first-order valence-corrected chi connectivity index (χ1v) is 10.5. The van der Waals surface area contributed by atoms with E-state index in [1.54, 1.807) is 22.7 Å². The summed E-state index contributed by atoms with van der Waals surface area (Å²) in [6, 6.07) is 4.36. The molecule has 3 aromatic rings. The van der Waals surface area contributed by atoms with Crippen molar-refractivity contribution in [2.45, 2.75) is 46.7 Å². The summed E-state index contributed by atoms with van der Waals surface area (Å²) in [6.45, 7) is 10.2. The Labute approximate surface area is 156 Å². The van der Waals surface area contributed by atoms with Crippen LogP contribution < -0.4 is 0 Å². The second-order valence-corrected chi connectivity index (χ2v) is 9.25. The SMILES string of the molecule is Cc1nn(CC(C)C)c2sc(C(=O)N3CCc4sccc4[C@H]3C)cc12. The van der Waals surface area contributed by atoms with E-state index in [0.717, 1.165) is 40.3 Å². The molecular weight excluding hydrogens is 350 g/mol. The van der Waals surface area contributed by atoms with Gasteiger partial charge in [0.15, 0.2) is 0 Å².